The van der Waals surface area contributed by atoms with Crippen LogP contribution in [0.5, 0.6) is 0 Å². The van der Waals surface area contributed by atoms with Crippen molar-refractivity contribution in [3.8, 4) is 0 Å². The summed E-state index contributed by atoms with van der Waals surface area (Å²) < 4.78 is 18.2. The zero-order chi connectivity index (χ0) is 41.4. The van der Waals surface area contributed by atoms with E-state index in [-0.39, 0.29) is 38.3 Å². The van der Waals surface area contributed by atoms with Crippen LogP contribution < -0.4 is 21.3 Å². The van der Waals surface area contributed by atoms with Gasteiger partial charge in [-0.2, -0.15) is 0 Å². The highest BCUT2D eigenvalue weighted by Crippen LogP contribution is 2.30. The largest absolute Gasteiger partial charge is 0.481 e. The second-order valence-corrected chi connectivity index (χ2v) is 14.1. The number of nitrogens with one attached hydrogen (secondary N) is 4. The number of amides is 4. The molecule has 1 fully saturated rings. The van der Waals surface area contributed by atoms with E-state index < -0.39 is 103 Å². The Hall–Kier alpha value is -5.39. The number of carbonyl (C=O) groups excluding carboxylic acids is 4. The lowest BCUT2D eigenvalue weighted by Gasteiger charge is -2.43. The molecule has 4 amide bonds. The summed E-state index contributed by atoms with van der Waals surface area (Å²) in [4.78, 5) is 87.9. The first-order chi connectivity index (χ1) is 26.5. The molecular formula is C39H52N4O13. The van der Waals surface area contributed by atoms with Crippen LogP contribution in [0.25, 0.3) is 0 Å². The van der Waals surface area contributed by atoms with Gasteiger partial charge in [-0.25, -0.2) is 9.59 Å². The number of carboxylic acids is 3. The highest BCUT2D eigenvalue weighted by Gasteiger charge is 2.45. The van der Waals surface area contributed by atoms with E-state index in [1.807, 2.05) is 32.0 Å². The Morgan fingerprint density at radius 3 is 1.80 bits per heavy atom. The van der Waals surface area contributed by atoms with Crippen LogP contribution in [0.4, 0.5) is 0 Å². The van der Waals surface area contributed by atoms with Crippen LogP contribution in [0.1, 0.15) is 51.7 Å². The predicted molar refractivity (Wildman–Crippen MR) is 199 cm³/mol. The Kier molecular flexibility index (Phi) is 17.9. The summed E-state index contributed by atoms with van der Waals surface area (Å²) in [5.74, 6) is -8.10. The molecule has 0 spiro atoms. The van der Waals surface area contributed by atoms with Gasteiger partial charge in [0.2, 0.25) is 23.6 Å². The molecule has 8 atom stereocenters. The van der Waals surface area contributed by atoms with E-state index >= 15 is 0 Å². The van der Waals surface area contributed by atoms with E-state index in [0.717, 1.165) is 5.56 Å². The smallest absolute Gasteiger partial charge is 0.329 e. The summed E-state index contributed by atoms with van der Waals surface area (Å²) in [5, 5.41) is 38.9. The summed E-state index contributed by atoms with van der Waals surface area (Å²) in [6.45, 7) is 5.90. The third-order valence-electron chi connectivity index (χ3n) is 8.91. The maximum atomic E-state index is 13.8. The van der Waals surface area contributed by atoms with E-state index in [1.165, 1.54) is 13.8 Å². The quantitative estimate of drug-likeness (QED) is 0.0878. The van der Waals surface area contributed by atoms with E-state index in [4.69, 9.17) is 14.2 Å². The first-order valence-electron chi connectivity index (χ1n) is 18.3. The van der Waals surface area contributed by atoms with Gasteiger partial charge in [0, 0.05) is 39.3 Å². The van der Waals surface area contributed by atoms with E-state index in [1.54, 1.807) is 42.5 Å². The number of hydrogen-bond donors (Lipinski definition) is 7. The van der Waals surface area contributed by atoms with Crippen molar-refractivity contribution in [1.82, 2.24) is 21.3 Å². The van der Waals surface area contributed by atoms with Gasteiger partial charge in [-0.1, -0.05) is 81.4 Å². The number of ether oxygens (including phenoxy) is 3. The Morgan fingerprint density at radius 1 is 0.714 bits per heavy atom. The molecule has 3 rings (SSSR count). The molecule has 1 saturated heterocycles. The minimum absolute atomic E-state index is 0.0286. The van der Waals surface area contributed by atoms with Gasteiger partial charge in [0.15, 0.2) is 0 Å². The molecule has 17 nitrogen and oxygen atoms in total. The summed E-state index contributed by atoms with van der Waals surface area (Å²) in [6.07, 6.45) is -4.67. The number of benzene rings is 2. The second kappa shape index (κ2) is 22.2. The third kappa shape index (κ3) is 15.0. The Labute approximate surface area is 324 Å². The van der Waals surface area contributed by atoms with Crippen molar-refractivity contribution in [2.45, 2.75) is 95.9 Å². The van der Waals surface area contributed by atoms with Crippen LogP contribution in [0.15, 0.2) is 60.7 Å². The Morgan fingerprint density at radius 2 is 1.29 bits per heavy atom. The summed E-state index contributed by atoms with van der Waals surface area (Å²) in [7, 11) is 0. The van der Waals surface area contributed by atoms with Crippen molar-refractivity contribution < 1.29 is 63.1 Å². The van der Waals surface area contributed by atoms with Gasteiger partial charge in [0.1, 0.15) is 30.8 Å². The fourth-order valence-electron chi connectivity index (χ4n) is 6.13. The molecule has 1 heterocycles. The molecule has 56 heavy (non-hydrogen) atoms. The number of aliphatic carboxylic acids is 3. The minimum Gasteiger partial charge on any atom is -0.481 e. The van der Waals surface area contributed by atoms with Crippen LogP contribution in [-0.4, -0.2) is 119 Å². The SMILES string of the molecule is CC(=O)N[C@@H](Cc1ccccc1)C(=O)NC[C@@H]1O[C@H]([C@@H](C)C(=O)N[C@@H](CC(=O)O)C(=O)N[C@@H](Cc2ccccc2)C(=O)O)[C@@H](OCC(=O)O)C[C@H]1OCC(C)C. The number of carboxylic acid groups (broad SMARTS) is 3. The van der Waals surface area contributed by atoms with Crippen LogP contribution in [0.3, 0.4) is 0 Å². The molecule has 0 unspecified atom stereocenters. The molecule has 0 aromatic heterocycles. The molecule has 0 bridgehead atoms. The zero-order valence-electron chi connectivity index (χ0n) is 31.8. The molecular weight excluding hydrogens is 732 g/mol. The summed E-state index contributed by atoms with van der Waals surface area (Å²) >= 11 is 0. The van der Waals surface area contributed by atoms with Gasteiger partial charge in [0.25, 0.3) is 0 Å². The molecule has 0 saturated carbocycles. The Balaban J connectivity index is 1.84. The number of carbonyl (C=O) groups is 7. The monoisotopic (exact) mass is 784 g/mol. The van der Waals surface area contributed by atoms with Gasteiger partial charge in [-0.15, -0.1) is 0 Å². The van der Waals surface area contributed by atoms with Gasteiger partial charge in [-0.05, 0) is 17.0 Å². The molecule has 2 aromatic rings. The van der Waals surface area contributed by atoms with E-state index in [0.29, 0.717) is 5.56 Å². The molecule has 7 N–H and O–H groups in total. The van der Waals surface area contributed by atoms with Crippen molar-refractivity contribution in [3.63, 3.8) is 0 Å². The lowest BCUT2D eigenvalue weighted by molar-refractivity contribution is -0.211. The van der Waals surface area contributed by atoms with Crippen LogP contribution in [0, 0.1) is 11.8 Å². The normalized spacial score (nSPS) is 20.1. The lowest BCUT2D eigenvalue weighted by atomic mass is 9.89. The standard InChI is InChI=1S/C39H52N4O13/c1-22(2)20-54-30-18-31(55-21-34(47)48)35(56-32(30)19-40-37(50)27(41-24(4)44)15-25-11-7-5-8-12-25)23(3)36(49)42-28(17-33(45)46)38(51)43-29(39(52)53)16-26-13-9-6-10-14-26/h5-14,22-23,27-32,35H,15-21H2,1-4H3,(H,40,50)(H,41,44)(H,42,49)(H,43,51)(H,45,46)(H,47,48)(H,52,53)/t23-,27+,28+,29+,30-,31+,32+,35-/m1/s1. The predicted octanol–water partition coefficient (Wildman–Crippen LogP) is 0.926. The first kappa shape index (κ1) is 45.0. The minimum atomic E-state index is -1.70. The average molecular weight is 785 g/mol. The van der Waals surface area contributed by atoms with Crippen LogP contribution >= 0.6 is 0 Å². The third-order valence-corrected chi connectivity index (χ3v) is 8.91. The van der Waals surface area contributed by atoms with E-state index in [9.17, 15) is 48.9 Å². The lowest BCUT2D eigenvalue weighted by Crippen LogP contribution is -2.59. The molecule has 17 heteroatoms. The van der Waals surface area contributed by atoms with Crippen molar-refractivity contribution in [2.75, 3.05) is 19.8 Å². The molecule has 2 aromatic carbocycles. The maximum absolute atomic E-state index is 13.8. The number of hydrogen-bond acceptors (Lipinski definition) is 10. The van der Waals surface area contributed by atoms with Crippen LogP contribution in [-0.2, 0) is 60.6 Å². The summed E-state index contributed by atoms with van der Waals surface area (Å²) in [5.41, 5.74) is 1.40. The van der Waals surface area contributed by atoms with Gasteiger partial charge in [0.05, 0.1) is 30.7 Å². The first-order valence-corrected chi connectivity index (χ1v) is 18.3. The van der Waals surface area contributed by atoms with Crippen molar-refractivity contribution >= 4 is 41.5 Å². The van der Waals surface area contributed by atoms with Gasteiger partial charge in [-0.3, -0.25) is 24.0 Å². The zero-order valence-corrected chi connectivity index (χ0v) is 31.8. The second-order valence-electron chi connectivity index (χ2n) is 14.1. The highest BCUT2D eigenvalue weighted by atomic mass is 16.6. The fourth-order valence-corrected chi connectivity index (χ4v) is 6.13. The summed E-state index contributed by atoms with van der Waals surface area (Å²) in [6, 6.07) is 13.4. The molecule has 1 aliphatic heterocycles. The van der Waals surface area contributed by atoms with Crippen molar-refractivity contribution in [2.24, 2.45) is 11.8 Å². The number of rotatable bonds is 22. The van der Waals surface area contributed by atoms with Gasteiger partial charge >= 0.3 is 17.9 Å². The van der Waals surface area contributed by atoms with Crippen molar-refractivity contribution in [3.05, 3.63) is 71.8 Å². The molecule has 306 valence electrons. The molecule has 0 aliphatic carbocycles. The van der Waals surface area contributed by atoms with Gasteiger partial charge < -0.3 is 50.8 Å². The topological polar surface area (TPSA) is 256 Å². The fraction of sp³-hybridized carbons (Fsp3) is 0.513. The molecule has 1 aliphatic rings. The Bertz CT molecular complexity index is 1640. The maximum Gasteiger partial charge on any atom is 0.329 e. The van der Waals surface area contributed by atoms with E-state index in [2.05, 4.69) is 21.3 Å². The molecule has 0 radical (unpaired) electrons. The van der Waals surface area contributed by atoms with Crippen LogP contribution in [0.2, 0.25) is 0 Å². The average Bonchev–Trinajstić information content (AvgIpc) is 3.14. The van der Waals surface area contributed by atoms with Crippen molar-refractivity contribution in [1.29, 1.82) is 0 Å². The highest BCUT2D eigenvalue weighted by molar-refractivity contribution is 5.93.